The summed E-state index contributed by atoms with van der Waals surface area (Å²) in [5, 5.41) is 2.61. The van der Waals surface area contributed by atoms with Crippen LogP contribution in [0.1, 0.15) is 161 Å². The fraction of sp³-hybridized carbons (Fsp3) is 0.342. The minimum Gasteiger partial charge on any atom is -0.311 e. The average Bonchev–Trinajstić information content (AvgIpc) is 4.01. The van der Waals surface area contributed by atoms with Gasteiger partial charge in [-0.2, -0.15) is 0 Å². The van der Waals surface area contributed by atoms with Crippen LogP contribution >= 0.6 is 11.3 Å². The lowest BCUT2D eigenvalue weighted by molar-refractivity contribution is 0.332. The van der Waals surface area contributed by atoms with E-state index >= 15 is 0 Å². The van der Waals surface area contributed by atoms with Gasteiger partial charge in [-0.15, -0.1) is 11.3 Å². The Hall–Kier alpha value is -6.56. The van der Waals surface area contributed by atoms with E-state index in [4.69, 9.17) is 0 Å². The predicted octanol–water partition coefficient (Wildman–Crippen LogP) is 19.1. The Morgan fingerprint density at radius 1 is 0.449 bits per heavy atom. The van der Waals surface area contributed by atoms with Gasteiger partial charge in [0, 0.05) is 71.4 Å². The van der Waals surface area contributed by atoms with E-state index in [2.05, 4.69) is 271 Å². The fourth-order valence-electron chi connectivity index (χ4n) is 14.7. The van der Waals surface area contributed by atoms with E-state index in [0.29, 0.717) is 0 Å². The second-order valence-corrected chi connectivity index (χ2v) is 29.7. The van der Waals surface area contributed by atoms with Gasteiger partial charge < -0.3 is 14.7 Å². The predicted molar refractivity (Wildman–Crippen MR) is 341 cm³/mol. The van der Waals surface area contributed by atoms with Crippen molar-refractivity contribution in [3.63, 3.8) is 0 Å². The van der Waals surface area contributed by atoms with Crippen LogP contribution in [0.25, 0.3) is 20.2 Å². The molecule has 0 saturated heterocycles. The van der Waals surface area contributed by atoms with E-state index in [1.165, 1.54) is 128 Å². The van der Waals surface area contributed by atoms with Gasteiger partial charge in [-0.1, -0.05) is 158 Å². The molecule has 394 valence electrons. The molecule has 0 N–H and O–H groups in total. The lowest BCUT2D eigenvalue weighted by atomic mass is 9.33. The number of hydrogen-bond acceptors (Lipinski definition) is 4. The van der Waals surface area contributed by atoms with Crippen LogP contribution in [-0.2, 0) is 32.5 Å². The largest absolute Gasteiger partial charge is 0.311 e. The molecule has 78 heavy (non-hydrogen) atoms. The standard InChI is InChI=1S/C73H78BN3S/c1-44-35-63-67-64(36-44)77(60-41-56-54(37-45(60)2)70(9,10)33-34-71(56,11)12)62-42-57-55(72(13,14)43-73(57,15)16)40-59(62)74(67)58-31-29-51(39-61(58)76(63)50-30-32-66-53(38-50)52-19-17-18-20-65(52)78-66)75(48-25-21-46(22-26-48)68(3,4)5)49-27-23-47(24-28-49)69(6,7)8/h17-32,35-42H,33-34,43H2,1-16H3. The van der Waals surface area contributed by atoms with Gasteiger partial charge in [0.05, 0.1) is 0 Å². The van der Waals surface area contributed by atoms with Gasteiger partial charge in [0.15, 0.2) is 0 Å². The van der Waals surface area contributed by atoms with Crippen LogP contribution in [0.3, 0.4) is 0 Å². The van der Waals surface area contributed by atoms with Crippen molar-refractivity contribution in [3.05, 3.63) is 190 Å². The molecule has 0 unspecified atom stereocenters. The third-order valence-corrected chi connectivity index (χ3v) is 20.1. The fourth-order valence-corrected chi connectivity index (χ4v) is 15.8. The minimum atomic E-state index is -0.0171. The zero-order valence-electron chi connectivity index (χ0n) is 49.3. The number of thiophene rings is 1. The van der Waals surface area contributed by atoms with Gasteiger partial charge in [-0.25, -0.2) is 0 Å². The van der Waals surface area contributed by atoms with Crippen molar-refractivity contribution in [3.8, 4) is 0 Å². The van der Waals surface area contributed by atoms with Crippen molar-refractivity contribution in [1.29, 1.82) is 0 Å². The zero-order chi connectivity index (χ0) is 55.0. The number of fused-ring (bicyclic) bond motifs is 9. The van der Waals surface area contributed by atoms with E-state index < -0.39 is 0 Å². The summed E-state index contributed by atoms with van der Waals surface area (Å²) in [6, 6.07) is 57.8. The maximum atomic E-state index is 2.73. The molecule has 0 atom stereocenters. The zero-order valence-corrected chi connectivity index (χ0v) is 50.1. The first-order chi connectivity index (χ1) is 36.7. The monoisotopic (exact) mass is 1040 g/mol. The molecule has 13 rings (SSSR count). The second kappa shape index (κ2) is 17.0. The highest BCUT2D eigenvalue weighted by Gasteiger charge is 2.49. The molecule has 9 aromatic rings. The first-order valence-electron chi connectivity index (χ1n) is 28.9. The Morgan fingerprint density at radius 3 is 1.58 bits per heavy atom. The maximum absolute atomic E-state index is 2.73. The Kier molecular flexibility index (Phi) is 11.1. The third-order valence-electron chi connectivity index (χ3n) is 18.9. The van der Waals surface area contributed by atoms with Crippen LogP contribution in [0.2, 0.25) is 0 Å². The molecule has 2 aliphatic carbocycles. The molecule has 3 heterocycles. The molecule has 0 spiro atoms. The van der Waals surface area contributed by atoms with Crippen molar-refractivity contribution >= 4 is 106 Å². The summed E-state index contributed by atoms with van der Waals surface area (Å²) >= 11 is 1.89. The highest BCUT2D eigenvalue weighted by Crippen LogP contribution is 2.55. The molecular formula is C73H78BN3S. The number of hydrogen-bond donors (Lipinski definition) is 0. The molecule has 0 fully saturated rings. The van der Waals surface area contributed by atoms with Gasteiger partial charge in [-0.3, -0.25) is 0 Å². The van der Waals surface area contributed by atoms with Crippen LogP contribution in [-0.4, -0.2) is 6.71 Å². The summed E-state index contributed by atoms with van der Waals surface area (Å²) < 4.78 is 2.63. The molecule has 5 heteroatoms. The summed E-state index contributed by atoms with van der Waals surface area (Å²) in [6.07, 6.45) is 3.47. The van der Waals surface area contributed by atoms with Crippen molar-refractivity contribution in [2.24, 2.45) is 0 Å². The molecule has 0 radical (unpaired) electrons. The lowest BCUT2D eigenvalue weighted by Crippen LogP contribution is -2.61. The number of rotatable bonds is 5. The molecule has 3 nitrogen and oxygen atoms in total. The lowest BCUT2D eigenvalue weighted by Gasteiger charge is -2.46. The van der Waals surface area contributed by atoms with E-state index in [1.807, 2.05) is 11.3 Å². The highest BCUT2D eigenvalue weighted by atomic mass is 32.1. The molecule has 1 aromatic heterocycles. The Balaban J connectivity index is 1.11. The van der Waals surface area contributed by atoms with Gasteiger partial charge in [0.1, 0.15) is 0 Å². The number of aryl methyl sites for hydroxylation is 2. The van der Waals surface area contributed by atoms with E-state index in [9.17, 15) is 0 Å². The molecule has 0 amide bonds. The smallest absolute Gasteiger partial charge is 0.252 e. The number of anilines is 9. The Bertz CT molecular complexity index is 3890. The summed E-state index contributed by atoms with van der Waals surface area (Å²) in [4.78, 5) is 7.86. The number of benzene rings is 8. The topological polar surface area (TPSA) is 9.72 Å². The van der Waals surface area contributed by atoms with Crippen molar-refractivity contribution < 1.29 is 0 Å². The van der Waals surface area contributed by atoms with E-state index in [1.54, 1.807) is 0 Å². The van der Waals surface area contributed by atoms with Gasteiger partial charge in [0.2, 0.25) is 0 Å². The molecule has 8 aromatic carbocycles. The summed E-state index contributed by atoms with van der Waals surface area (Å²) in [7, 11) is 0. The summed E-state index contributed by atoms with van der Waals surface area (Å²) in [5.74, 6) is 0. The Morgan fingerprint density at radius 2 is 0.962 bits per heavy atom. The van der Waals surface area contributed by atoms with E-state index in [-0.39, 0.29) is 39.2 Å². The molecular weight excluding hydrogens is 962 g/mol. The normalized spacial score (nSPS) is 17.4. The van der Waals surface area contributed by atoms with Crippen molar-refractivity contribution in [1.82, 2.24) is 0 Å². The molecule has 0 saturated carbocycles. The quantitative estimate of drug-likeness (QED) is 0.159. The first kappa shape index (κ1) is 50.9. The number of nitrogens with zero attached hydrogens (tertiary/aromatic N) is 3. The first-order valence-corrected chi connectivity index (χ1v) is 29.7. The molecule has 4 aliphatic rings. The van der Waals surface area contributed by atoms with Gasteiger partial charge in [0.25, 0.3) is 6.71 Å². The molecule has 0 bridgehead atoms. The average molecular weight is 1040 g/mol. The summed E-state index contributed by atoms with van der Waals surface area (Å²) in [6.45, 7) is 38.3. The van der Waals surface area contributed by atoms with E-state index in [0.717, 1.165) is 23.5 Å². The Labute approximate surface area is 470 Å². The summed E-state index contributed by atoms with van der Waals surface area (Å²) in [5.41, 5.74) is 26.6. The minimum absolute atomic E-state index is 0.0171. The molecule has 2 aliphatic heterocycles. The van der Waals surface area contributed by atoms with Crippen molar-refractivity contribution in [2.45, 2.75) is 163 Å². The van der Waals surface area contributed by atoms with Crippen LogP contribution in [0.4, 0.5) is 51.2 Å². The van der Waals surface area contributed by atoms with Crippen LogP contribution in [0.5, 0.6) is 0 Å². The van der Waals surface area contributed by atoms with Crippen LogP contribution < -0.4 is 31.1 Å². The van der Waals surface area contributed by atoms with Gasteiger partial charge in [-0.05, 0) is 211 Å². The highest BCUT2D eigenvalue weighted by molar-refractivity contribution is 7.25. The maximum Gasteiger partial charge on any atom is 0.252 e. The third kappa shape index (κ3) is 7.86. The van der Waals surface area contributed by atoms with Crippen LogP contribution in [0, 0.1) is 13.8 Å². The van der Waals surface area contributed by atoms with Crippen molar-refractivity contribution in [2.75, 3.05) is 14.7 Å². The van der Waals surface area contributed by atoms with Crippen LogP contribution in [0.15, 0.2) is 146 Å². The SMILES string of the molecule is Cc1cc2c3c(c1)N(c1cc4c(cc1C)C(C)(C)CCC4(C)C)c1cc4c(cc1B3c1ccc(N(c3ccc(C(C)(C)C)cc3)c3ccc(C(C)(C)C)cc3)cc1N2c1ccc2sc3ccccc3c2c1)C(C)(C)CC4(C)C. The second-order valence-electron chi connectivity index (χ2n) is 28.6. The van der Waals surface area contributed by atoms with Gasteiger partial charge >= 0.3 is 0 Å².